The molecule has 0 aliphatic carbocycles. The Balaban J connectivity index is 2.28. The van der Waals surface area contributed by atoms with Crippen molar-refractivity contribution in [3.8, 4) is 11.5 Å². The van der Waals surface area contributed by atoms with Gasteiger partial charge in [0.05, 0.1) is 19.8 Å². The molecule has 1 heterocycles. The van der Waals surface area contributed by atoms with Gasteiger partial charge in [0.25, 0.3) is 5.91 Å². The van der Waals surface area contributed by atoms with E-state index in [1.54, 1.807) is 4.90 Å². The number of hydrogen-bond acceptors (Lipinski definition) is 4. The predicted octanol–water partition coefficient (Wildman–Crippen LogP) is 1.65. The minimum atomic E-state index is -0.612. The van der Waals surface area contributed by atoms with Crippen molar-refractivity contribution < 1.29 is 18.7 Å². The Labute approximate surface area is 123 Å². The average Bonchev–Trinajstić information content (AvgIpc) is 2.89. The molecule has 21 heavy (non-hydrogen) atoms. The third-order valence-corrected chi connectivity index (χ3v) is 4.04. The summed E-state index contributed by atoms with van der Waals surface area (Å²) in [7, 11) is 2.87. The zero-order valence-corrected chi connectivity index (χ0v) is 12.6. The van der Waals surface area contributed by atoms with Crippen molar-refractivity contribution >= 4 is 5.91 Å². The fourth-order valence-electron chi connectivity index (χ4n) is 2.55. The normalized spacial score (nSPS) is 21.5. The maximum atomic E-state index is 14.1. The topological polar surface area (TPSA) is 64.8 Å². The maximum absolute atomic E-state index is 14.1. The summed E-state index contributed by atoms with van der Waals surface area (Å²) in [6.45, 7) is 3.66. The minimum absolute atomic E-state index is 0.00563. The number of likely N-dealkylation sites (tertiary alicyclic amines) is 1. The van der Waals surface area contributed by atoms with Gasteiger partial charge in [0.2, 0.25) is 0 Å². The van der Waals surface area contributed by atoms with Crippen LogP contribution in [0.2, 0.25) is 0 Å². The van der Waals surface area contributed by atoms with Crippen LogP contribution in [0, 0.1) is 11.2 Å². The van der Waals surface area contributed by atoms with Crippen LogP contribution in [0.4, 0.5) is 4.39 Å². The smallest absolute Gasteiger partial charge is 0.256 e. The van der Waals surface area contributed by atoms with Gasteiger partial charge >= 0.3 is 0 Å². The third kappa shape index (κ3) is 2.95. The first-order valence-electron chi connectivity index (χ1n) is 6.85. The van der Waals surface area contributed by atoms with Crippen LogP contribution in [0.3, 0.4) is 0 Å². The second kappa shape index (κ2) is 5.89. The fourth-order valence-corrected chi connectivity index (χ4v) is 2.55. The van der Waals surface area contributed by atoms with Gasteiger partial charge in [-0.05, 0) is 24.4 Å². The molecule has 1 saturated heterocycles. The Morgan fingerprint density at radius 2 is 2.00 bits per heavy atom. The number of nitrogens with zero attached hydrogens (tertiary/aromatic N) is 1. The van der Waals surface area contributed by atoms with E-state index in [2.05, 4.69) is 0 Å². The molecule has 0 saturated carbocycles. The Morgan fingerprint density at radius 3 is 2.52 bits per heavy atom. The van der Waals surface area contributed by atoms with Crippen molar-refractivity contribution in [2.45, 2.75) is 13.3 Å². The number of carbonyl (C=O) groups is 1. The summed E-state index contributed by atoms with van der Waals surface area (Å²) >= 11 is 0. The number of methoxy groups -OCH3 is 2. The summed E-state index contributed by atoms with van der Waals surface area (Å²) in [6, 6.07) is 2.55. The number of halogens is 1. The average molecular weight is 296 g/mol. The van der Waals surface area contributed by atoms with Crippen LogP contribution in [0.1, 0.15) is 23.7 Å². The molecule has 1 aliphatic rings. The van der Waals surface area contributed by atoms with E-state index >= 15 is 0 Å². The fraction of sp³-hybridized carbons (Fsp3) is 0.533. The van der Waals surface area contributed by atoms with Crippen molar-refractivity contribution in [3.05, 3.63) is 23.5 Å². The number of carbonyl (C=O) groups excluding carboxylic acids is 1. The summed E-state index contributed by atoms with van der Waals surface area (Å²) in [4.78, 5) is 14.1. The van der Waals surface area contributed by atoms with E-state index < -0.39 is 5.82 Å². The summed E-state index contributed by atoms with van der Waals surface area (Å²) < 4.78 is 24.3. The van der Waals surface area contributed by atoms with Gasteiger partial charge in [0.15, 0.2) is 11.5 Å². The quantitative estimate of drug-likeness (QED) is 0.917. The molecule has 6 heteroatoms. The monoisotopic (exact) mass is 296 g/mol. The van der Waals surface area contributed by atoms with Crippen LogP contribution in [-0.2, 0) is 0 Å². The minimum Gasteiger partial charge on any atom is -0.493 e. The highest BCUT2D eigenvalue weighted by molar-refractivity contribution is 5.95. The molecule has 1 aromatic carbocycles. The van der Waals surface area contributed by atoms with E-state index in [1.165, 1.54) is 26.4 Å². The molecule has 116 valence electrons. The molecule has 2 rings (SSSR count). The van der Waals surface area contributed by atoms with Crippen molar-refractivity contribution in [1.82, 2.24) is 4.90 Å². The number of benzene rings is 1. The first-order valence-corrected chi connectivity index (χ1v) is 6.85. The molecule has 1 aliphatic heterocycles. The molecule has 1 atom stereocenters. The number of nitrogens with two attached hydrogens (primary N) is 1. The van der Waals surface area contributed by atoms with Crippen LogP contribution in [0.5, 0.6) is 11.5 Å². The lowest BCUT2D eigenvalue weighted by molar-refractivity contribution is 0.0771. The van der Waals surface area contributed by atoms with Gasteiger partial charge in [0.1, 0.15) is 5.82 Å². The molecule has 0 aromatic heterocycles. The van der Waals surface area contributed by atoms with Gasteiger partial charge in [-0.1, -0.05) is 6.92 Å². The highest BCUT2D eigenvalue weighted by Crippen LogP contribution is 2.33. The van der Waals surface area contributed by atoms with Crippen LogP contribution in [0.15, 0.2) is 12.1 Å². The van der Waals surface area contributed by atoms with E-state index in [1.807, 2.05) is 6.92 Å². The second-order valence-corrected chi connectivity index (χ2v) is 5.68. The Kier molecular flexibility index (Phi) is 4.37. The molecular weight excluding hydrogens is 275 g/mol. The lowest BCUT2D eigenvalue weighted by atomic mass is 9.90. The van der Waals surface area contributed by atoms with Crippen molar-refractivity contribution in [3.63, 3.8) is 0 Å². The summed E-state index contributed by atoms with van der Waals surface area (Å²) in [5.74, 6) is -0.354. The molecule has 1 unspecified atom stereocenters. The molecule has 0 spiro atoms. The van der Waals surface area contributed by atoms with E-state index in [4.69, 9.17) is 15.2 Å². The Bertz CT molecular complexity index is 550. The van der Waals surface area contributed by atoms with Gasteiger partial charge in [-0.2, -0.15) is 0 Å². The lowest BCUT2D eigenvalue weighted by Crippen LogP contribution is -2.34. The van der Waals surface area contributed by atoms with E-state index in [9.17, 15) is 9.18 Å². The maximum Gasteiger partial charge on any atom is 0.256 e. The standard InChI is InChI=1S/C15H21FN2O3/c1-15(8-17)4-5-18(9-15)14(19)10-6-12(20-2)13(21-3)7-11(10)16/h6-7H,4-5,8-9,17H2,1-3H3. The molecule has 5 nitrogen and oxygen atoms in total. The summed E-state index contributed by atoms with van der Waals surface area (Å²) in [6.07, 6.45) is 0.824. The van der Waals surface area contributed by atoms with E-state index in [-0.39, 0.29) is 22.6 Å². The van der Waals surface area contributed by atoms with Gasteiger partial charge in [-0.25, -0.2) is 4.39 Å². The van der Waals surface area contributed by atoms with Crippen molar-refractivity contribution in [1.29, 1.82) is 0 Å². The first-order chi connectivity index (χ1) is 9.94. The zero-order valence-electron chi connectivity index (χ0n) is 12.6. The van der Waals surface area contributed by atoms with Gasteiger partial charge in [-0.3, -0.25) is 4.79 Å². The molecule has 0 bridgehead atoms. The number of ether oxygens (including phenoxy) is 2. The molecule has 1 aromatic rings. The van der Waals surface area contributed by atoms with Gasteiger partial charge < -0.3 is 20.1 Å². The number of rotatable bonds is 4. The zero-order chi connectivity index (χ0) is 15.6. The SMILES string of the molecule is COc1cc(F)c(C(=O)N2CCC(C)(CN)C2)cc1OC. The number of amides is 1. The lowest BCUT2D eigenvalue weighted by Gasteiger charge is -2.23. The molecule has 1 amide bonds. The number of hydrogen-bond donors (Lipinski definition) is 1. The van der Waals surface area contributed by atoms with Crippen LogP contribution in [0.25, 0.3) is 0 Å². The van der Waals surface area contributed by atoms with Crippen LogP contribution in [-0.4, -0.2) is 44.7 Å². The molecule has 1 fully saturated rings. The molecule has 0 radical (unpaired) electrons. The largest absolute Gasteiger partial charge is 0.493 e. The van der Waals surface area contributed by atoms with Crippen LogP contribution >= 0.6 is 0 Å². The highest BCUT2D eigenvalue weighted by atomic mass is 19.1. The van der Waals surface area contributed by atoms with Crippen molar-refractivity contribution in [2.24, 2.45) is 11.1 Å². The van der Waals surface area contributed by atoms with E-state index in [0.717, 1.165) is 6.42 Å². The van der Waals surface area contributed by atoms with Gasteiger partial charge in [0, 0.05) is 19.2 Å². The molecule has 2 N–H and O–H groups in total. The van der Waals surface area contributed by atoms with Gasteiger partial charge in [-0.15, -0.1) is 0 Å². The predicted molar refractivity (Wildman–Crippen MR) is 77.2 cm³/mol. The van der Waals surface area contributed by atoms with E-state index in [0.29, 0.717) is 25.4 Å². The third-order valence-electron chi connectivity index (χ3n) is 4.04. The molecular formula is C15H21FN2O3. The van der Waals surface area contributed by atoms with Crippen LogP contribution < -0.4 is 15.2 Å². The summed E-state index contributed by atoms with van der Waals surface area (Å²) in [5.41, 5.74) is 5.63. The summed E-state index contributed by atoms with van der Waals surface area (Å²) in [5, 5.41) is 0. The first kappa shape index (κ1) is 15.6. The van der Waals surface area contributed by atoms with Crippen molar-refractivity contribution in [2.75, 3.05) is 33.9 Å². The second-order valence-electron chi connectivity index (χ2n) is 5.68. The highest BCUT2D eigenvalue weighted by Gasteiger charge is 2.36. The Hall–Kier alpha value is -1.82. The Morgan fingerprint density at radius 1 is 1.38 bits per heavy atom.